The minimum absolute atomic E-state index is 0.460. The predicted octanol–water partition coefficient (Wildman–Crippen LogP) is 3.04. The second kappa shape index (κ2) is 4.63. The molecule has 1 atom stereocenters. The molecule has 2 heterocycles. The summed E-state index contributed by atoms with van der Waals surface area (Å²) in [6.07, 6.45) is 5.53. The van der Waals surface area contributed by atoms with Crippen molar-refractivity contribution in [2.24, 2.45) is 0 Å². The van der Waals surface area contributed by atoms with Crippen LogP contribution in [0.1, 0.15) is 19.3 Å². The molecule has 1 aromatic heterocycles. The van der Waals surface area contributed by atoms with Gasteiger partial charge < -0.3 is 5.32 Å². The fourth-order valence-electron chi connectivity index (χ4n) is 2.39. The van der Waals surface area contributed by atoms with Crippen molar-refractivity contribution in [3.8, 4) is 0 Å². The van der Waals surface area contributed by atoms with Gasteiger partial charge in [-0.3, -0.25) is 4.90 Å². The van der Waals surface area contributed by atoms with Crippen LogP contribution in [0.5, 0.6) is 0 Å². The van der Waals surface area contributed by atoms with Gasteiger partial charge in [-0.05, 0) is 25.3 Å². The molecule has 1 unspecified atom stereocenters. The van der Waals surface area contributed by atoms with Crippen molar-refractivity contribution >= 4 is 29.0 Å². The van der Waals surface area contributed by atoms with Gasteiger partial charge in [-0.15, -0.1) is 0 Å². The Balaban J connectivity index is 1.63. The van der Waals surface area contributed by atoms with E-state index in [4.69, 9.17) is 23.2 Å². The Bertz CT molecular complexity index is 420. The number of nitrogens with zero attached hydrogens (tertiary/aromatic N) is 2. The van der Waals surface area contributed by atoms with Gasteiger partial charge >= 0.3 is 0 Å². The van der Waals surface area contributed by atoms with E-state index in [-0.39, 0.29) is 0 Å². The quantitative estimate of drug-likeness (QED) is 0.916. The summed E-state index contributed by atoms with van der Waals surface area (Å²) in [6, 6.07) is 3.03. The van der Waals surface area contributed by atoms with Crippen LogP contribution in [0.3, 0.4) is 0 Å². The average molecular weight is 272 g/mol. The number of pyridine rings is 1. The summed E-state index contributed by atoms with van der Waals surface area (Å²) in [5.74, 6) is 0.749. The zero-order chi connectivity index (χ0) is 11.8. The smallest absolute Gasteiger partial charge is 0.145 e. The van der Waals surface area contributed by atoms with Gasteiger partial charge in [0.1, 0.15) is 5.82 Å². The third kappa shape index (κ3) is 2.67. The molecular weight excluding hydrogens is 257 g/mol. The van der Waals surface area contributed by atoms with E-state index >= 15 is 0 Å². The summed E-state index contributed by atoms with van der Waals surface area (Å²) in [6.45, 7) is 2.29. The maximum absolute atomic E-state index is 6.10. The highest BCUT2D eigenvalue weighted by molar-refractivity contribution is 6.35. The molecule has 0 spiro atoms. The Morgan fingerprint density at radius 1 is 1.29 bits per heavy atom. The number of halogens is 2. The van der Waals surface area contributed by atoms with Gasteiger partial charge in [-0.2, -0.15) is 0 Å². The van der Waals surface area contributed by atoms with Crippen LogP contribution in [-0.4, -0.2) is 35.1 Å². The lowest BCUT2D eigenvalue weighted by atomic mass is 10.2. The molecule has 0 aromatic carbocycles. The Morgan fingerprint density at radius 3 is 2.82 bits per heavy atom. The second-order valence-electron chi connectivity index (χ2n) is 4.84. The van der Waals surface area contributed by atoms with E-state index in [0.717, 1.165) is 24.8 Å². The summed E-state index contributed by atoms with van der Waals surface area (Å²) in [7, 11) is 0. The first kappa shape index (κ1) is 11.6. The number of aromatic nitrogens is 1. The molecular formula is C12H15Cl2N3. The van der Waals surface area contributed by atoms with Crippen LogP contribution >= 0.6 is 23.2 Å². The number of anilines is 1. The molecule has 1 N–H and O–H groups in total. The molecule has 1 aromatic rings. The van der Waals surface area contributed by atoms with E-state index in [1.807, 2.05) is 0 Å². The maximum Gasteiger partial charge on any atom is 0.145 e. The summed E-state index contributed by atoms with van der Waals surface area (Å²) in [4.78, 5) is 6.79. The largest absolute Gasteiger partial charge is 0.365 e. The topological polar surface area (TPSA) is 28.2 Å². The zero-order valence-corrected chi connectivity index (χ0v) is 11.0. The molecule has 2 fully saturated rings. The van der Waals surface area contributed by atoms with Gasteiger partial charge in [0.25, 0.3) is 0 Å². The Hall–Kier alpha value is -0.510. The first-order chi connectivity index (χ1) is 8.22. The maximum atomic E-state index is 6.10. The van der Waals surface area contributed by atoms with Crippen molar-refractivity contribution in [1.29, 1.82) is 0 Å². The molecule has 0 amide bonds. The fourth-order valence-corrected chi connectivity index (χ4v) is 2.83. The highest BCUT2D eigenvalue weighted by Crippen LogP contribution is 2.31. The molecule has 0 bridgehead atoms. The van der Waals surface area contributed by atoms with Gasteiger partial charge in [0.05, 0.1) is 10.0 Å². The zero-order valence-electron chi connectivity index (χ0n) is 9.50. The van der Waals surface area contributed by atoms with Gasteiger partial charge in [-0.25, -0.2) is 4.98 Å². The normalized spacial score (nSPS) is 25.2. The van der Waals surface area contributed by atoms with Crippen LogP contribution in [0.2, 0.25) is 10.0 Å². The minimum Gasteiger partial charge on any atom is -0.365 e. The fraction of sp³-hybridized carbons (Fsp3) is 0.583. The van der Waals surface area contributed by atoms with Gasteiger partial charge in [0.15, 0.2) is 0 Å². The average Bonchev–Trinajstić information content (AvgIpc) is 3.04. The first-order valence-electron chi connectivity index (χ1n) is 6.04. The summed E-state index contributed by atoms with van der Waals surface area (Å²) >= 11 is 11.9. The Labute approximate surface area is 111 Å². The Kier molecular flexibility index (Phi) is 3.16. The van der Waals surface area contributed by atoms with E-state index < -0.39 is 0 Å². The Morgan fingerprint density at radius 2 is 2.12 bits per heavy atom. The van der Waals surface area contributed by atoms with Gasteiger partial charge in [0, 0.05) is 31.4 Å². The van der Waals surface area contributed by atoms with Crippen molar-refractivity contribution in [2.75, 3.05) is 18.4 Å². The van der Waals surface area contributed by atoms with E-state index in [2.05, 4.69) is 15.2 Å². The lowest BCUT2D eigenvalue weighted by Crippen LogP contribution is -2.28. The van der Waals surface area contributed by atoms with Gasteiger partial charge in [0.2, 0.25) is 0 Å². The molecule has 5 heteroatoms. The lowest BCUT2D eigenvalue weighted by molar-refractivity contribution is 0.326. The summed E-state index contributed by atoms with van der Waals surface area (Å²) in [5.41, 5.74) is 0. The minimum atomic E-state index is 0.460. The van der Waals surface area contributed by atoms with E-state index in [1.54, 1.807) is 12.3 Å². The van der Waals surface area contributed by atoms with E-state index in [1.165, 1.54) is 19.4 Å². The molecule has 1 aliphatic heterocycles. The van der Waals surface area contributed by atoms with Crippen molar-refractivity contribution in [3.63, 3.8) is 0 Å². The third-order valence-electron chi connectivity index (χ3n) is 3.43. The van der Waals surface area contributed by atoms with Crippen LogP contribution < -0.4 is 5.32 Å². The molecule has 1 saturated carbocycles. The monoisotopic (exact) mass is 271 g/mol. The first-order valence-corrected chi connectivity index (χ1v) is 6.79. The molecule has 2 aliphatic rings. The standard InChI is InChI=1S/C12H15Cl2N3/c13-8-5-11(14)12(15-6-8)16-9-3-4-17(7-9)10-1-2-10/h5-6,9-10H,1-4,7H2,(H,15,16). The van der Waals surface area contributed by atoms with Crippen LogP contribution in [0, 0.1) is 0 Å². The van der Waals surface area contributed by atoms with Gasteiger partial charge in [-0.1, -0.05) is 23.2 Å². The van der Waals surface area contributed by atoms with Crippen LogP contribution in [0.4, 0.5) is 5.82 Å². The number of hydrogen-bond acceptors (Lipinski definition) is 3. The predicted molar refractivity (Wildman–Crippen MR) is 70.9 cm³/mol. The highest BCUT2D eigenvalue weighted by Gasteiger charge is 2.34. The molecule has 3 rings (SSSR count). The molecule has 17 heavy (non-hydrogen) atoms. The highest BCUT2D eigenvalue weighted by atomic mass is 35.5. The van der Waals surface area contributed by atoms with Crippen LogP contribution in [0.25, 0.3) is 0 Å². The van der Waals surface area contributed by atoms with E-state index in [0.29, 0.717) is 16.1 Å². The van der Waals surface area contributed by atoms with E-state index in [9.17, 15) is 0 Å². The third-order valence-corrected chi connectivity index (χ3v) is 3.93. The number of nitrogens with one attached hydrogen (secondary N) is 1. The van der Waals surface area contributed by atoms with Crippen molar-refractivity contribution in [2.45, 2.75) is 31.3 Å². The van der Waals surface area contributed by atoms with Crippen LogP contribution in [0.15, 0.2) is 12.3 Å². The lowest BCUT2D eigenvalue weighted by Gasteiger charge is -2.16. The summed E-state index contributed by atoms with van der Waals surface area (Å²) in [5, 5.41) is 4.58. The molecule has 92 valence electrons. The van der Waals surface area contributed by atoms with Crippen molar-refractivity contribution in [3.05, 3.63) is 22.3 Å². The number of hydrogen-bond donors (Lipinski definition) is 1. The summed E-state index contributed by atoms with van der Waals surface area (Å²) < 4.78 is 0. The van der Waals surface area contributed by atoms with Crippen LogP contribution in [-0.2, 0) is 0 Å². The second-order valence-corrected chi connectivity index (χ2v) is 5.68. The van der Waals surface area contributed by atoms with Crippen molar-refractivity contribution in [1.82, 2.24) is 9.88 Å². The molecule has 3 nitrogen and oxygen atoms in total. The molecule has 0 radical (unpaired) electrons. The molecule has 1 saturated heterocycles. The number of rotatable bonds is 3. The number of likely N-dealkylation sites (tertiary alicyclic amines) is 1. The molecule has 1 aliphatic carbocycles. The van der Waals surface area contributed by atoms with Crippen molar-refractivity contribution < 1.29 is 0 Å². The SMILES string of the molecule is Clc1cnc(NC2CCN(C3CC3)C2)c(Cl)c1.